The van der Waals surface area contributed by atoms with Crippen LogP contribution in [0.25, 0.3) is 0 Å². The molecule has 0 bridgehead atoms. The predicted octanol–water partition coefficient (Wildman–Crippen LogP) is 1.71. The average Bonchev–Trinajstić information content (AvgIpc) is 2.29. The van der Waals surface area contributed by atoms with E-state index in [0.717, 1.165) is 12.1 Å². The number of rotatable bonds is 0. The summed E-state index contributed by atoms with van der Waals surface area (Å²) in [5.41, 5.74) is 0. The van der Waals surface area contributed by atoms with E-state index in [9.17, 15) is 0 Å². The second-order valence-electron chi connectivity index (χ2n) is 5.20. The first-order valence-electron chi connectivity index (χ1n) is 6.43. The Morgan fingerprint density at radius 2 is 1.07 bits per heavy atom. The minimum absolute atomic E-state index is 0.929. The molecule has 80 valence electrons. The van der Waals surface area contributed by atoms with E-state index in [2.05, 4.69) is 9.80 Å². The Hall–Kier alpha value is -0.0800. The van der Waals surface area contributed by atoms with Crippen LogP contribution in [0.3, 0.4) is 0 Å². The fourth-order valence-corrected chi connectivity index (χ4v) is 3.72. The van der Waals surface area contributed by atoms with E-state index in [-0.39, 0.29) is 0 Å². The molecule has 0 aromatic heterocycles. The minimum atomic E-state index is 0.929. The molecule has 3 heterocycles. The molecular formula is C12H22N2. The van der Waals surface area contributed by atoms with Crippen molar-refractivity contribution in [3.8, 4) is 0 Å². The van der Waals surface area contributed by atoms with Gasteiger partial charge in [0, 0.05) is 25.2 Å². The monoisotopic (exact) mass is 194 g/mol. The number of fused-ring (bicyclic) bond motifs is 3. The maximum atomic E-state index is 2.77. The molecule has 3 aliphatic heterocycles. The smallest absolute Gasteiger partial charge is 0.0252 e. The van der Waals surface area contributed by atoms with Crippen molar-refractivity contribution in [2.24, 2.45) is 0 Å². The highest BCUT2D eigenvalue weighted by Crippen LogP contribution is 2.31. The third-order valence-corrected chi connectivity index (χ3v) is 4.45. The van der Waals surface area contributed by atoms with Crippen molar-refractivity contribution < 1.29 is 0 Å². The molecule has 3 fully saturated rings. The van der Waals surface area contributed by atoms with Gasteiger partial charge in [-0.1, -0.05) is 12.8 Å². The fraction of sp³-hybridized carbons (Fsp3) is 1.00. The minimum Gasteiger partial charge on any atom is -0.298 e. The SMILES string of the molecule is C1CCN2CCN3CCCCC3C2C1. The van der Waals surface area contributed by atoms with Gasteiger partial charge in [-0.25, -0.2) is 0 Å². The molecule has 2 nitrogen and oxygen atoms in total. The molecule has 2 unspecified atom stereocenters. The van der Waals surface area contributed by atoms with Crippen LogP contribution < -0.4 is 0 Å². The normalized spacial score (nSPS) is 40.3. The zero-order valence-electron chi connectivity index (χ0n) is 9.12. The molecular weight excluding hydrogens is 172 g/mol. The van der Waals surface area contributed by atoms with Crippen LogP contribution in [0.1, 0.15) is 38.5 Å². The van der Waals surface area contributed by atoms with Crippen LogP contribution >= 0.6 is 0 Å². The highest BCUT2D eigenvalue weighted by atomic mass is 15.3. The lowest BCUT2D eigenvalue weighted by atomic mass is 9.87. The summed E-state index contributed by atoms with van der Waals surface area (Å²) in [6, 6.07) is 1.86. The summed E-state index contributed by atoms with van der Waals surface area (Å²) in [6.45, 7) is 5.46. The zero-order valence-corrected chi connectivity index (χ0v) is 9.12. The summed E-state index contributed by atoms with van der Waals surface area (Å²) in [4.78, 5) is 5.55. The second kappa shape index (κ2) is 3.82. The van der Waals surface area contributed by atoms with E-state index in [1.54, 1.807) is 0 Å². The van der Waals surface area contributed by atoms with Crippen molar-refractivity contribution in [2.75, 3.05) is 26.2 Å². The van der Waals surface area contributed by atoms with Gasteiger partial charge >= 0.3 is 0 Å². The third kappa shape index (κ3) is 1.49. The van der Waals surface area contributed by atoms with E-state index < -0.39 is 0 Å². The Balaban J connectivity index is 1.74. The Morgan fingerprint density at radius 1 is 0.571 bits per heavy atom. The lowest BCUT2D eigenvalue weighted by Crippen LogP contribution is -2.61. The highest BCUT2D eigenvalue weighted by molar-refractivity contribution is 4.95. The Labute approximate surface area is 87.3 Å². The largest absolute Gasteiger partial charge is 0.298 e. The van der Waals surface area contributed by atoms with Crippen molar-refractivity contribution in [3.63, 3.8) is 0 Å². The van der Waals surface area contributed by atoms with Gasteiger partial charge in [0.2, 0.25) is 0 Å². The standard InChI is InChI=1S/C12H22N2/c1-3-7-13-9-10-14-8-4-2-6-12(14)11(13)5-1/h11-12H,1-10H2. The van der Waals surface area contributed by atoms with Gasteiger partial charge in [-0.3, -0.25) is 9.80 Å². The number of piperazine rings is 1. The van der Waals surface area contributed by atoms with Crippen LogP contribution in [-0.2, 0) is 0 Å². The average molecular weight is 194 g/mol. The number of hydrogen-bond donors (Lipinski definition) is 0. The van der Waals surface area contributed by atoms with Crippen molar-refractivity contribution in [3.05, 3.63) is 0 Å². The Bertz CT molecular complexity index is 182. The van der Waals surface area contributed by atoms with Gasteiger partial charge in [-0.05, 0) is 38.8 Å². The molecule has 0 aliphatic carbocycles. The van der Waals surface area contributed by atoms with E-state index >= 15 is 0 Å². The van der Waals surface area contributed by atoms with Crippen molar-refractivity contribution in [1.82, 2.24) is 9.80 Å². The van der Waals surface area contributed by atoms with E-state index in [1.807, 2.05) is 0 Å². The van der Waals surface area contributed by atoms with Gasteiger partial charge < -0.3 is 0 Å². The molecule has 0 aromatic rings. The number of hydrogen-bond acceptors (Lipinski definition) is 2. The number of piperidine rings is 2. The van der Waals surface area contributed by atoms with E-state index in [1.165, 1.54) is 64.7 Å². The van der Waals surface area contributed by atoms with Crippen LogP contribution in [0, 0.1) is 0 Å². The number of nitrogens with zero attached hydrogens (tertiary/aromatic N) is 2. The molecule has 0 spiro atoms. The van der Waals surface area contributed by atoms with Crippen molar-refractivity contribution >= 4 is 0 Å². The lowest BCUT2D eigenvalue weighted by Gasteiger charge is -2.51. The molecule has 0 amide bonds. The summed E-state index contributed by atoms with van der Waals surface area (Å²) in [7, 11) is 0. The van der Waals surface area contributed by atoms with Gasteiger partial charge in [0.05, 0.1) is 0 Å². The van der Waals surface area contributed by atoms with Crippen LogP contribution in [0.4, 0.5) is 0 Å². The lowest BCUT2D eigenvalue weighted by molar-refractivity contribution is -0.0187. The molecule has 2 heteroatoms. The van der Waals surface area contributed by atoms with Crippen LogP contribution in [0.5, 0.6) is 0 Å². The van der Waals surface area contributed by atoms with Crippen LogP contribution in [-0.4, -0.2) is 48.1 Å². The predicted molar refractivity (Wildman–Crippen MR) is 58.4 cm³/mol. The van der Waals surface area contributed by atoms with Crippen LogP contribution in [0.2, 0.25) is 0 Å². The summed E-state index contributed by atoms with van der Waals surface area (Å²) in [5.74, 6) is 0. The maximum Gasteiger partial charge on any atom is 0.0252 e. The molecule has 0 N–H and O–H groups in total. The summed E-state index contributed by atoms with van der Waals surface area (Å²) >= 11 is 0. The molecule has 3 aliphatic rings. The molecule has 3 rings (SSSR count). The first-order valence-corrected chi connectivity index (χ1v) is 6.43. The second-order valence-corrected chi connectivity index (χ2v) is 5.20. The first kappa shape index (κ1) is 9.17. The van der Waals surface area contributed by atoms with Gasteiger partial charge in [0.25, 0.3) is 0 Å². The van der Waals surface area contributed by atoms with Gasteiger partial charge in [-0.15, -0.1) is 0 Å². The molecule has 0 aromatic carbocycles. The van der Waals surface area contributed by atoms with Crippen LogP contribution in [0.15, 0.2) is 0 Å². The Kier molecular flexibility index (Phi) is 2.50. The van der Waals surface area contributed by atoms with E-state index in [0.29, 0.717) is 0 Å². The van der Waals surface area contributed by atoms with Gasteiger partial charge in [0.1, 0.15) is 0 Å². The zero-order chi connectivity index (χ0) is 9.38. The fourth-order valence-electron chi connectivity index (χ4n) is 3.72. The molecule has 0 radical (unpaired) electrons. The summed E-state index contributed by atoms with van der Waals surface area (Å²) in [5, 5.41) is 0. The molecule has 14 heavy (non-hydrogen) atoms. The maximum absolute atomic E-state index is 2.77. The first-order chi connectivity index (χ1) is 6.95. The van der Waals surface area contributed by atoms with E-state index in [4.69, 9.17) is 0 Å². The quantitative estimate of drug-likeness (QED) is 0.579. The summed E-state index contributed by atoms with van der Waals surface area (Å²) in [6.07, 6.45) is 8.80. The van der Waals surface area contributed by atoms with Crippen molar-refractivity contribution in [2.45, 2.75) is 50.6 Å². The molecule has 3 saturated heterocycles. The molecule has 2 atom stereocenters. The Morgan fingerprint density at radius 3 is 1.57 bits per heavy atom. The van der Waals surface area contributed by atoms with Crippen molar-refractivity contribution in [1.29, 1.82) is 0 Å². The topological polar surface area (TPSA) is 6.48 Å². The highest BCUT2D eigenvalue weighted by Gasteiger charge is 2.38. The van der Waals surface area contributed by atoms with Gasteiger partial charge in [-0.2, -0.15) is 0 Å². The van der Waals surface area contributed by atoms with Gasteiger partial charge in [0.15, 0.2) is 0 Å². The molecule has 0 saturated carbocycles. The summed E-state index contributed by atoms with van der Waals surface area (Å²) < 4.78 is 0. The third-order valence-electron chi connectivity index (χ3n) is 4.45.